The molecular formula is C19H16FN5. The summed E-state index contributed by atoms with van der Waals surface area (Å²) in [6, 6.07) is 6.70. The number of hydrogen-bond acceptors (Lipinski definition) is 4. The summed E-state index contributed by atoms with van der Waals surface area (Å²) in [7, 11) is 0. The van der Waals surface area contributed by atoms with E-state index in [9.17, 15) is 4.39 Å². The fraction of sp³-hybridized carbons (Fsp3) is 0.158. The highest BCUT2D eigenvalue weighted by Crippen LogP contribution is 2.19. The highest BCUT2D eigenvalue weighted by molar-refractivity contribution is 5.83. The smallest absolute Gasteiger partial charge is 0.177 e. The van der Waals surface area contributed by atoms with E-state index in [2.05, 4.69) is 20.1 Å². The molecule has 0 unspecified atom stereocenters. The van der Waals surface area contributed by atoms with E-state index in [0.29, 0.717) is 5.82 Å². The maximum Gasteiger partial charge on any atom is 0.177 e. The predicted octanol–water partition coefficient (Wildman–Crippen LogP) is 3.91. The first-order valence-corrected chi connectivity index (χ1v) is 7.95. The van der Waals surface area contributed by atoms with E-state index in [1.54, 1.807) is 10.7 Å². The summed E-state index contributed by atoms with van der Waals surface area (Å²) in [6.07, 6.45) is 5.45. The van der Waals surface area contributed by atoms with Crippen molar-refractivity contribution in [1.29, 1.82) is 0 Å². The highest BCUT2D eigenvalue weighted by Gasteiger charge is 2.07. The van der Waals surface area contributed by atoms with Gasteiger partial charge >= 0.3 is 0 Å². The second-order valence-electron chi connectivity index (χ2n) is 6.05. The first kappa shape index (κ1) is 15.4. The number of halogens is 1. The summed E-state index contributed by atoms with van der Waals surface area (Å²) in [5.74, 6) is 0.347. The molecule has 5 nitrogen and oxygen atoms in total. The summed E-state index contributed by atoms with van der Waals surface area (Å²) < 4.78 is 15.2. The summed E-state index contributed by atoms with van der Waals surface area (Å²) >= 11 is 0. The van der Waals surface area contributed by atoms with Crippen LogP contribution in [0.5, 0.6) is 0 Å². The van der Waals surface area contributed by atoms with Crippen LogP contribution >= 0.6 is 0 Å². The molecule has 0 atom stereocenters. The van der Waals surface area contributed by atoms with Gasteiger partial charge in [-0.2, -0.15) is 0 Å². The minimum absolute atomic E-state index is 0.247. The topological polar surface area (TPSA) is 56.0 Å². The van der Waals surface area contributed by atoms with E-state index in [-0.39, 0.29) is 5.82 Å². The van der Waals surface area contributed by atoms with Gasteiger partial charge in [0.2, 0.25) is 0 Å². The molecule has 0 aliphatic carbocycles. The molecule has 6 heteroatoms. The molecule has 25 heavy (non-hydrogen) atoms. The maximum atomic E-state index is 13.5. The van der Waals surface area contributed by atoms with Crippen molar-refractivity contribution < 1.29 is 4.39 Å². The van der Waals surface area contributed by atoms with Crippen LogP contribution in [0.15, 0.2) is 30.5 Å². The van der Waals surface area contributed by atoms with Crippen LogP contribution in [0.3, 0.4) is 0 Å². The zero-order valence-electron chi connectivity index (χ0n) is 14.2. The molecule has 4 rings (SSSR count). The van der Waals surface area contributed by atoms with Gasteiger partial charge < -0.3 is 0 Å². The Hall–Kier alpha value is -3.15. The first-order valence-electron chi connectivity index (χ1n) is 7.95. The third-order valence-electron chi connectivity index (χ3n) is 4.10. The van der Waals surface area contributed by atoms with E-state index >= 15 is 0 Å². The van der Waals surface area contributed by atoms with Crippen molar-refractivity contribution in [3.63, 3.8) is 0 Å². The van der Waals surface area contributed by atoms with Crippen molar-refractivity contribution in [2.75, 3.05) is 0 Å². The summed E-state index contributed by atoms with van der Waals surface area (Å²) in [5, 5.41) is 5.27. The number of pyridine rings is 1. The van der Waals surface area contributed by atoms with Gasteiger partial charge in [-0.15, -0.1) is 5.10 Å². The molecule has 1 aromatic carbocycles. The molecule has 3 heterocycles. The van der Waals surface area contributed by atoms with Gasteiger partial charge in [-0.1, -0.05) is 6.07 Å². The van der Waals surface area contributed by atoms with Crippen LogP contribution in [0.25, 0.3) is 28.7 Å². The Kier molecular flexibility index (Phi) is 3.53. The second-order valence-corrected chi connectivity index (χ2v) is 6.05. The highest BCUT2D eigenvalue weighted by atomic mass is 19.1. The molecule has 3 aromatic heterocycles. The van der Waals surface area contributed by atoms with Gasteiger partial charge in [-0.25, -0.2) is 18.9 Å². The molecule has 0 saturated heterocycles. The van der Waals surface area contributed by atoms with E-state index in [1.165, 1.54) is 12.1 Å². The fourth-order valence-electron chi connectivity index (χ4n) is 2.82. The SMILES string of the molecule is Cc1cc(F)cc2ccc(/C=C/c3nc4c(C)ncc(C)n4n3)nc12. The normalized spacial score (nSPS) is 11.8. The average molecular weight is 333 g/mol. The number of aryl methyl sites for hydroxylation is 3. The van der Waals surface area contributed by atoms with Crippen molar-refractivity contribution in [3.8, 4) is 0 Å². The molecule has 124 valence electrons. The van der Waals surface area contributed by atoms with Crippen molar-refractivity contribution >= 4 is 28.7 Å². The van der Waals surface area contributed by atoms with Crippen LogP contribution < -0.4 is 0 Å². The molecule has 0 radical (unpaired) electrons. The lowest BCUT2D eigenvalue weighted by atomic mass is 10.1. The van der Waals surface area contributed by atoms with Crippen molar-refractivity contribution in [2.24, 2.45) is 0 Å². The third kappa shape index (κ3) is 2.76. The Morgan fingerprint density at radius 3 is 2.68 bits per heavy atom. The lowest BCUT2D eigenvalue weighted by Gasteiger charge is -2.03. The van der Waals surface area contributed by atoms with Gasteiger partial charge in [0.05, 0.1) is 22.6 Å². The van der Waals surface area contributed by atoms with Crippen molar-refractivity contribution in [3.05, 3.63) is 64.7 Å². The Morgan fingerprint density at radius 2 is 1.88 bits per heavy atom. The molecule has 0 saturated carbocycles. The molecule has 0 aliphatic rings. The average Bonchev–Trinajstić information content (AvgIpc) is 3.02. The number of aromatic nitrogens is 5. The van der Waals surface area contributed by atoms with Gasteiger partial charge in [0.15, 0.2) is 11.5 Å². The van der Waals surface area contributed by atoms with E-state index < -0.39 is 0 Å². The predicted molar refractivity (Wildman–Crippen MR) is 95.6 cm³/mol. The summed E-state index contributed by atoms with van der Waals surface area (Å²) in [6.45, 7) is 5.70. The molecule has 0 bridgehead atoms. The summed E-state index contributed by atoms with van der Waals surface area (Å²) in [5.41, 5.74) is 4.88. The molecule has 0 aliphatic heterocycles. The Labute approximate surface area is 143 Å². The zero-order valence-corrected chi connectivity index (χ0v) is 14.2. The Balaban J connectivity index is 1.73. The lowest BCUT2D eigenvalue weighted by molar-refractivity contribution is 0.628. The van der Waals surface area contributed by atoms with Gasteiger partial charge in [0, 0.05) is 11.6 Å². The van der Waals surface area contributed by atoms with Crippen LogP contribution in [0.2, 0.25) is 0 Å². The zero-order chi connectivity index (χ0) is 17.6. The number of rotatable bonds is 2. The molecule has 4 aromatic rings. The van der Waals surface area contributed by atoms with Crippen LogP contribution in [-0.4, -0.2) is 24.6 Å². The van der Waals surface area contributed by atoms with Crippen LogP contribution in [0.4, 0.5) is 4.39 Å². The molecule has 0 fully saturated rings. The largest absolute Gasteiger partial charge is 0.256 e. The Bertz CT molecular complexity index is 1100. The van der Waals surface area contributed by atoms with Gasteiger partial charge in [-0.05, 0) is 56.7 Å². The maximum absolute atomic E-state index is 13.5. The second kappa shape index (κ2) is 5.73. The number of fused-ring (bicyclic) bond motifs is 2. The molecule has 0 amide bonds. The van der Waals surface area contributed by atoms with E-state index in [1.807, 2.05) is 45.1 Å². The van der Waals surface area contributed by atoms with E-state index in [4.69, 9.17) is 0 Å². The minimum Gasteiger partial charge on any atom is -0.256 e. The molecule has 0 N–H and O–H groups in total. The summed E-state index contributed by atoms with van der Waals surface area (Å²) in [4.78, 5) is 13.4. The van der Waals surface area contributed by atoms with Crippen LogP contribution in [0.1, 0.15) is 28.5 Å². The van der Waals surface area contributed by atoms with Crippen molar-refractivity contribution in [2.45, 2.75) is 20.8 Å². The third-order valence-corrected chi connectivity index (χ3v) is 4.10. The Morgan fingerprint density at radius 1 is 1.04 bits per heavy atom. The number of nitrogens with zero attached hydrogens (tertiary/aromatic N) is 5. The lowest BCUT2D eigenvalue weighted by Crippen LogP contribution is -1.97. The van der Waals surface area contributed by atoms with Gasteiger partial charge in [0.1, 0.15) is 5.82 Å². The first-order chi connectivity index (χ1) is 12.0. The number of benzene rings is 1. The van der Waals surface area contributed by atoms with E-state index in [0.717, 1.165) is 39.2 Å². The van der Waals surface area contributed by atoms with Crippen LogP contribution in [0, 0.1) is 26.6 Å². The molecular weight excluding hydrogens is 317 g/mol. The van der Waals surface area contributed by atoms with Crippen molar-refractivity contribution in [1.82, 2.24) is 24.6 Å². The molecule has 0 spiro atoms. The standard InChI is InChI=1S/C19H16FN5/c1-11-8-15(20)9-14-4-5-16(22-18(11)14)6-7-17-23-19-13(3)21-10-12(2)25(19)24-17/h4-10H,1-3H3/b7-6+. The van der Waals surface area contributed by atoms with Gasteiger partial charge in [0.25, 0.3) is 0 Å². The quantitative estimate of drug-likeness (QED) is 0.558. The van der Waals surface area contributed by atoms with Gasteiger partial charge in [-0.3, -0.25) is 4.98 Å². The van der Waals surface area contributed by atoms with Crippen LogP contribution in [-0.2, 0) is 0 Å². The number of hydrogen-bond donors (Lipinski definition) is 0. The monoisotopic (exact) mass is 333 g/mol. The fourth-order valence-corrected chi connectivity index (χ4v) is 2.82. The minimum atomic E-state index is -0.247.